The molecule has 4 aromatic rings. The minimum absolute atomic E-state index is 0.0284. The molecule has 3 aliphatic rings. The van der Waals surface area contributed by atoms with E-state index in [1.54, 1.807) is 10.8 Å². The lowest BCUT2D eigenvalue weighted by atomic mass is 9.81. The van der Waals surface area contributed by atoms with Crippen molar-refractivity contribution >= 4 is 33.3 Å². The summed E-state index contributed by atoms with van der Waals surface area (Å²) < 4.78 is 34.8. The van der Waals surface area contributed by atoms with E-state index in [9.17, 15) is 9.59 Å². The predicted octanol–water partition coefficient (Wildman–Crippen LogP) is 6.12. The van der Waals surface area contributed by atoms with Crippen molar-refractivity contribution in [3.05, 3.63) is 70.3 Å². The molecule has 0 spiro atoms. The van der Waals surface area contributed by atoms with Crippen LogP contribution < -0.4 is 20.8 Å². The zero-order valence-electron chi connectivity index (χ0n) is 23.6. The first-order chi connectivity index (χ1) is 20.5. The van der Waals surface area contributed by atoms with Crippen LogP contribution in [0.5, 0.6) is 11.5 Å². The van der Waals surface area contributed by atoms with Crippen molar-refractivity contribution in [3.63, 3.8) is 0 Å². The molecule has 1 amide bonds. The number of rotatable bonds is 7. The van der Waals surface area contributed by atoms with Crippen LogP contribution in [-0.4, -0.2) is 43.1 Å². The monoisotopic (exact) mass is 571 g/mol. The molecule has 218 valence electrons. The first-order valence-corrected chi connectivity index (χ1v) is 14.8. The third kappa shape index (κ3) is 4.90. The van der Waals surface area contributed by atoms with Crippen molar-refractivity contribution in [3.8, 4) is 17.2 Å². The summed E-state index contributed by atoms with van der Waals surface area (Å²) in [7, 11) is 0. The van der Waals surface area contributed by atoms with E-state index in [0.29, 0.717) is 48.5 Å². The van der Waals surface area contributed by atoms with Crippen LogP contribution in [-0.2, 0) is 9.47 Å². The van der Waals surface area contributed by atoms with Crippen molar-refractivity contribution in [1.29, 1.82) is 0 Å². The van der Waals surface area contributed by atoms with Gasteiger partial charge in [-0.3, -0.25) is 9.59 Å². The second-order valence-corrected chi connectivity index (χ2v) is 11.7. The van der Waals surface area contributed by atoms with Crippen LogP contribution in [0.3, 0.4) is 0 Å². The largest absolute Gasteiger partial charge is 0.451 e. The van der Waals surface area contributed by atoms with Gasteiger partial charge in [0.1, 0.15) is 16.8 Å². The highest BCUT2D eigenvalue weighted by atomic mass is 19.1. The molecule has 3 aromatic carbocycles. The number of amides is 1. The second-order valence-electron chi connectivity index (χ2n) is 11.7. The lowest BCUT2D eigenvalue weighted by molar-refractivity contribution is -0.0299. The van der Waals surface area contributed by atoms with Gasteiger partial charge in [-0.1, -0.05) is 50.5 Å². The quantitative estimate of drug-likeness (QED) is 0.245. The van der Waals surface area contributed by atoms with Gasteiger partial charge in [0.2, 0.25) is 5.43 Å². The molecule has 7 rings (SSSR count). The molecule has 0 radical (unpaired) electrons. The van der Waals surface area contributed by atoms with Crippen LogP contribution >= 0.6 is 0 Å². The Hall–Kier alpha value is -3.95. The van der Waals surface area contributed by atoms with Gasteiger partial charge in [-0.2, -0.15) is 0 Å². The van der Waals surface area contributed by atoms with Gasteiger partial charge in [0, 0.05) is 12.7 Å². The van der Waals surface area contributed by atoms with Gasteiger partial charge in [0.25, 0.3) is 5.91 Å². The van der Waals surface area contributed by atoms with Crippen molar-refractivity contribution in [2.45, 2.75) is 45.3 Å². The number of carbonyl (C=O) groups excluding carboxylic acids is 1. The number of hydrogen-bond donors (Lipinski definition) is 2. The molecular weight excluding hydrogens is 537 g/mol. The van der Waals surface area contributed by atoms with Crippen LogP contribution in [0.15, 0.2) is 53.5 Å². The Morgan fingerprint density at radius 1 is 1.10 bits per heavy atom. The minimum Gasteiger partial charge on any atom is -0.451 e. The van der Waals surface area contributed by atoms with E-state index in [-0.39, 0.29) is 28.9 Å². The summed E-state index contributed by atoms with van der Waals surface area (Å²) in [5.74, 6) is 0.841. The van der Waals surface area contributed by atoms with Crippen LogP contribution in [0.4, 0.5) is 10.1 Å². The number of halogens is 1. The average molecular weight is 572 g/mol. The highest BCUT2D eigenvalue weighted by Gasteiger charge is 2.30. The fraction of sp³-hybridized carbons (Fsp3) is 0.394. The Bertz CT molecular complexity index is 1750. The fourth-order valence-electron chi connectivity index (χ4n) is 6.65. The number of carbonyl (C=O) groups is 1. The van der Waals surface area contributed by atoms with Gasteiger partial charge >= 0.3 is 0 Å². The third-order valence-corrected chi connectivity index (χ3v) is 8.76. The number of ether oxygens (including phenoxy) is 3. The van der Waals surface area contributed by atoms with Gasteiger partial charge in [-0.25, -0.2) is 4.39 Å². The summed E-state index contributed by atoms with van der Waals surface area (Å²) in [4.78, 5) is 27.1. The topological polar surface area (TPSA) is 90.8 Å². The molecule has 2 N–H and O–H groups in total. The SMILES string of the molecule is CC1CCCC(CCNC(=O)c2cn3c4c(c(NCC5OCCO5)c(F)cc4c2=O)Oc2cc4ccccc4cc2-3)C1. The van der Waals surface area contributed by atoms with E-state index in [0.717, 1.165) is 17.2 Å². The van der Waals surface area contributed by atoms with E-state index < -0.39 is 23.4 Å². The molecule has 8 nitrogen and oxygen atoms in total. The predicted molar refractivity (Wildman–Crippen MR) is 159 cm³/mol. The standard InChI is InChI=1S/C33H34FN3O5/c1-19-5-4-6-20(13-19)9-10-35-33(39)24-18-37-26-14-21-7-2-3-8-22(21)15-27(26)42-32-29(36-17-28-40-11-12-41-28)25(34)16-23(30(32)37)31(24)38/h2-3,7-8,14-16,18-20,28,36H,4-6,9-13,17H2,1H3,(H,35,39). The lowest BCUT2D eigenvalue weighted by Crippen LogP contribution is -2.32. The van der Waals surface area contributed by atoms with Gasteiger partial charge in [-0.15, -0.1) is 0 Å². The molecule has 2 aliphatic heterocycles. The number of nitrogens with zero attached hydrogens (tertiary/aromatic N) is 1. The summed E-state index contributed by atoms with van der Waals surface area (Å²) >= 11 is 0. The maximum atomic E-state index is 15.7. The van der Waals surface area contributed by atoms with E-state index in [4.69, 9.17) is 14.2 Å². The van der Waals surface area contributed by atoms with Crippen LogP contribution in [0.2, 0.25) is 0 Å². The molecule has 2 atom stereocenters. The number of anilines is 1. The Morgan fingerprint density at radius 2 is 1.88 bits per heavy atom. The summed E-state index contributed by atoms with van der Waals surface area (Å²) in [6, 6.07) is 12.9. The van der Waals surface area contributed by atoms with Crippen LogP contribution in [0.1, 0.15) is 49.4 Å². The minimum atomic E-state index is -0.660. The molecule has 42 heavy (non-hydrogen) atoms. The first-order valence-electron chi connectivity index (χ1n) is 14.8. The van der Waals surface area contributed by atoms with Gasteiger partial charge in [-0.05, 0) is 53.6 Å². The van der Waals surface area contributed by atoms with Gasteiger partial charge in [0.15, 0.2) is 23.6 Å². The van der Waals surface area contributed by atoms with Crippen molar-refractivity contribution < 1.29 is 23.4 Å². The molecule has 2 unspecified atom stereocenters. The number of hydrogen-bond acceptors (Lipinski definition) is 6. The Kier molecular flexibility index (Phi) is 7.07. The smallest absolute Gasteiger partial charge is 0.256 e. The third-order valence-electron chi connectivity index (χ3n) is 8.76. The zero-order chi connectivity index (χ0) is 28.8. The molecule has 1 saturated heterocycles. The number of pyridine rings is 1. The molecule has 2 fully saturated rings. The van der Waals surface area contributed by atoms with Crippen molar-refractivity contribution in [1.82, 2.24) is 9.88 Å². The average Bonchev–Trinajstić information content (AvgIpc) is 3.51. The normalized spacial score (nSPS) is 20.0. The fourth-order valence-corrected chi connectivity index (χ4v) is 6.65. The maximum Gasteiger partial charge on any atom is 0.256 e. The number of benzene rings is 3. The summed E-state index contributed by atoms with van der Waals surface area (Å²) in [5.41, 5.74) is 0.600. The molecule has 0 bridgehead atoms. The lowest BCUT2D eigenvalue weighted by Gasteiger charge is -2.27. The first kappa shape index (κ1) is 26.9. The molecule has 9 heteroatoms. The number of nitrogens with one attached hydrogen (secondary N) is 2. The number of aromatic nitrogens is 1. The molecule has 1 aliphatic carbocycles. The van der Waals surface area contributed by atoms with Gasteiger partial charge in [0.05, 0.1) is 30.8 Å². The maximum absolute atomic E-state index is 15.7. The highest BCUT2D eigenvalue weighted by molar-refractivity contribution is 6.02. The molecule has 1 aromatic heterocycles. The van der Waals surface area contributed by atoms with E-state index in [1.807, 2.05) is 36.4 Å². The number of fused-ring (bicyclic) bond motifs is 3. The molecular formula is C33H34FN3O5. The zero-order valence-corrected chi connectivity index (χ0v) is 23.6. The Morgan fingerprint density at radius 3 is 2.67 bits per heavy atom. The van der Waals surface area contributed by atoms with Crippen LogP contribution in [0.25, 0.3) is 27.4 Å². The summed E-state index contributed by atoms with van der Waals surface area (Å²) in [6.07, 6.45) is 6.74. The Labute approximate surface area is 242 Å². The van der Waals surface area contributed by atoms with Crippen LogP contribution in [0, 0.1) is 17.7 Å². The van der Waals surface area contributed by atoms with E-state index in [1.165, 1.54) is 31.7 Å². The summed E-state index contributed by atoms with van der Waals surface area (Å²) in [5, 5.41) is 8.03. The second kappa shape index (κ2) is 11.0. The van der Waals surface area contributed by atoms with Crippen molar-refractivity contribution in [2.24, 2.45) is 11.8 Å². The van der Waals surface area contributed by atoms with E-state index >= 15 is 4.39 Å². The summed E-state index contributed by atoms with van der Waals surface area (Å²) in [6.45, 7) is 3.92. The highest BCUT2D eigenvalue weighted by Crippen LogP contribution is 2.46. The molecule has 3 heterocycles. The van der Waals surface area contributed by atoms with E-state index in [2.05, 4.69) is 17.6 Å². The molecule has 1 saturated carbocycles. The van der Waals surface area contributed by atoms with Gasteiger partial charge < -0.3 is 29.4 Å². The Balaban J connectivity index is 1.30. The van der Waals surface area contributed by atoms with Crippen molar-refractivity contribution in [2.75, 3.05) is 31.6 Å².